The van der Waals surface area contributed by atoms with Crippen molar-refractivity contribution in [3.63, 3.8) is 0 Å². The molecule has 0 saturated carbocycles. The van der Waals surface area contributed by atoms with Crippen LogP contribution in [0.25, 0.3) is 0 Å². The van der Waals surface area contributed by atoms with Gasteiger partial charge in [-0.1, -0.05) is 17.7 Å². The van der Waals surface area contributed by atoms with E-state index < -0.39 is 9.84 Å². The summed E-state index contributed by atoms with van der Waals surface area (Å²) < 4.78 is 23.6. The first-order valence-corrected chi connectivity index (χ1v) is 10.4. The summed E-state index contributed by atoms with van der Waals surface area (Å²) in [6.07, 6.45) is 2.12. The fourth-order valence-corrected chi connectivity index (χ4v) is 4.93. The van der Waals surface area contributed by atoms with Gasteiger partial charge in [0.25, 0.3) is 0 Å². The van der Waals surface area contributed by atoms with Crippen LogP contribution < -0.4 is 10.2 Å². The number of sulfone groups is 1. The summed E-state index contributed by atoms with van der Waals surface area (Å²) in [7, 11) is -2.94. The summed E-state index contributed by atoms with van der Waals surface area (Å²) in [5, 5.41) is 3.90. The predicted molar refractivity (Wildman–Crippen MR) is 102 cm³/mol. The molecule has 2 aromatic rings. The van der Waals surface area contributed by atoms with Crippen LogP contribution in [-0.4, -0.2) is 42.5 Å². The molecule has 1 aromatic carbocycles. The molecule has 3 rings (SSSR count). The predicted octanol–water partition coefficient (Wildman–Crippen LogP) is 3.20. The van der Waals surface area contributed by atoms with Crippen molar-refractivity contribution in [1.29, 1.82) is 0 Å². The first-order valence-electron chi connectivity index (χ1n) is 8.20. The summed E-state index contributed by atoms with van der Waals surface area (Å²) in [5.74, 6) is 1.79. The lowest BCUT2D eigenvalue weighted by molar-refractivity contribution is 0.599. The Labute approximate surface area is 153 Å². The lowest BCUT2D eigenvalue weighted by Gasteiger charge is -2.28. The fourth-order valence-electron chi connectivity index (χ4n) is 3.02. The molecule has 1 N–H and O–H groups in total. The normalized spacial score (nSPS) is 18.9. The van der Waals surface area contributed by atoms with Crippen LogP contribution in [0, 0.1) is 6.92 Å². The van der Waals surface area contributed by atoms with E-state index in [4.69, 9.17) is 11.6 Å². The number of aromatic nitrogens is 2. The van der Waals surface area contributed by atoms with E-state index in [-0.39, 0.29) is 17.5 Å². The number of nitrogens with zero attached hydrogens (tertiary/aromatic N) is 3. The Morgan fingerprint density at radius 2 is 2.12 bits per heavy atom. The minimum atomic E-state index is -2.94. The van der Waals surface area contributed by atoms with Crippen molar-refractivity contribution < 1.29 is 8.42 Å². The number of rotatable bonds is 5. The highest BCUT2D eigenvalue weighted by molar-refractivity contribution is 7.91. The summed E-state index contributed by atoms with van der Waals surface area (Å²) in [6, 6.07) is 7.52. The average Bonchev–Trinajstić information content (AvgIpc) is 2.92. The van der Waals surface area contributed by atoms with Gasteiger partial charge in [-0.15, -0.1) is 0 Å². The first-order chi connectivity index (χ1) is 11.9. The van der Waals surface area contributed by atoms with Crippen molar-refractivity contribution in [2.24, 2.45) is 0 Å². The van der Waals surface area contributed by atoms with Crippen molar-refractivity contribution in [1.82, 2.24) is 9.97 Å². The number of aryl methyl sites for hydroxylation is 1. The van der Waals surface area contributed by atoms with Crippen molar-refractivity contribution in [2.45, 2.75) is 26.3 Å². The molecule has 1 unspecified atom stereocenters. The lowest BCUT2D eigenvalue weighted by atomic mass is 10.2. The van der Waals surface area contributed by atoms with Crippen molar-refractivity contribution in [2.75, 3.05) is 28.3 Å². The second-order valence-corrected chi connectivity index (χ2v) is 8.83. The van der Waals surface area contributed by atoms with E-state index in [0.717, 1.165) is 17.1 Å². The number of nitrogens with one attached hydrogen (secondary N) is 1. The average molecular weight is 381 g/mol. The Morgan fingerprint density at radius 3 is 2.76 bits per heavy atom. The summed E-state index contributed by atoms with van der Waals surface area (Å²) in [6.45, 7) is 4.64. The molecule has 2 heterocycles. The van der Waals surface area contributed by atoms with E-state index in [9.17, 15) is 8.42 Å². The zero-order valence-electron chi connectivity index (χ0n) is 14.2. The van der Waals surface area contributed by atoms with Crippen LogP contribution in [0.1, 0.15) is 18.9 Å². The van der Waals surface area contributed by atoms with Gasteiger partial charge in [0.2, 0.25) is 0 Å². The molecule has 1 fully saturated rings. The molecule has 0 aliphatic carbocycles. The molecule has 134 valence electrons. The smallest absolute Gasteiger partial charge is 0.152 e. The molecule has 1 aliphatic heterocycles. The Hall–Kier alpha value is -1.86. The van der Waals surface area contributed by atoms with Crippen LogP contribution in [0.15, 0.2) is 30.6 Å². The van der Waals surface area contributed by atoms with Gasteiger partial charge in [0.15, 0.2) is 9.84 Å². The van der Waals surface area contributed by atoms with Crippen LogP contribution in [0.3, 0.4) is 0 Å². The zero-order valence-corrected chi connectivity index (χ0v) is 15.8. The molecular formula is C17H21ClN4O2S. The minimum absolute atomic E-state index is 0.0356. The summed E-state index contributed by atoms with van der Waals surface area (Å²) >= 11 is 6.16. The van der Waals surface area contributed by atoms with E-state index in [1.165, 1.54) is 6.33 Å². The Morgan fingerprint density at radius 1 is 1.32 bits per heavy atom. The maximum atomic E-state index is 11.8. The van der Waals surface area contributed by atoms with Crippen molar-refractivity contribution >= 4 is 38.8 Å². The van der Waals surface area contributed by atoms with Gasteiger partial charge in [-0.2, -0.15) is 0 Å². The number of benzene rings is 1. The van der Waals surface area contributed by atoms with Gasteiger partial charge >= 0.3 is 0 Å². The van der Waals surface area contributed by atoms with E-state index in [2.05, 4.69) is 15.3 Å². The topological polar surface area (TPSA) is 75.2 Å². The third kappa shape index (κ3) is 4.22. The Bertz CT molecular complexity index is 873. The maximum Gasteiger partial charge on any atom is 0.152 e. The number of hydrogen-bond donors (Lipinski definition) is 1. The Balaban J connectivity index is 1.81. The van der Waals surface area contributed by atoms with E-state index in [0.29, 0.717) is 23.8 Å². The molecule has 1 aliphatic rings. The van der Waals surface area contributed by atoms with Crippen LogP contribution >= 0.6 is 11.6 Å². The summed E-state index contributed by atoms with van der Waals surface area (Å²) in [5.41, 5.74) is 1.85. The molecule has 1 atom stereocenters. The van der Waals surface area contributed by atoms with Crippen LogP contribution in [-0.2, 0) is 9.84 Å². The molecule has 6 nitrogen and oxygen atoms in total. The molecule has 0 amide bonds. The fraction of sp³-hybridized carbons (Fsp3) is 0.412. The molecule has 8 heteroatoms. The molecular weight excluding hydrogens is 360 g/mol. The minimum Gasteiger partial charge on any atom is -0.353 e. The zero-order chi connectivity index (χ0) is 18.0. The third-order valence-corrected chi connectivity index (χ3v) is 6.54. The van der Waals surface area contributed by atoms with Gasteiger partial charge in [0, 0.05) is 29.4 Å². The van der Waals surface area contributed by atoms with Crippen molar-refractivity contribution in [3.05, 3.63) is 41.2 Å². The summed E-state index contributed by atoms with van der Waals surface area (Å²) in [4.78, 5) is 10.6. The highest BCUT2D eigenvalue weighted by Crippen LogP contribution is 2.26. The van der Waals surface area contributed by atoms with E-state index in [1.54, 1.807) is 0 Å². The van der Waals surface area contributed by atoms with Crippen LogP contribution in [0.4, 0.5) is 17.3 Å². The van der Waals surface area contributed by atoms with Gasteiger partial charge < -0.3 is 10.2 Å². The molecule has 0 bridgehead atoms. The van der Waals surface area contributed by atoms with Crippen molar-refractivity contribution in [3.8, 4) is 0 Å². The molecule has 0 spiro atoms. The van der Waals surface area contributed by atoms with Gasteiger partial charge in [-0.05, 0) is 38.0 Å². The maximum absolute atomic E-state index is 11.8. The Kier molecular flexibility index (Phi) is 5.15. The first kappa shape index (κ1) is 17.9. The quantitative estimate of drug-likeness (QED) is 0.858. The SMILES string of the molecule is CCN(c1cc(Nc2ccc(C)c(Cl)c2)ncn1)C1CCS(=O)(=O)C1. The molecule has 1 saturated heterocycles. The lowest BCUT2D eigenvalue weighted by Crippen LogP contribution is -2.36. The van der Waals surface area contributed by atoms with Gasteiger partial charge in [-0.25, -0.2) is 18.4 Å². The molecule has 0 radical (unpaired) electrons. The monoisotopic (exact) mass is 380 g/mol. The van der Waals surface area contributed by atoms with E-state index >= 15 is 0 Å². The second kappa shape index (κ2) is 7.17. The number of anilines is 3. The van der Waals surface area contributed by atoms with Crippen LogP contribution in [0.2, 0.25) is 5.02 Å². The van der Waals surface area contributed by atoms with E-state index in [1.807, 2.05) is 43.0 Å². The number of halogens is 1. The highest BCUT2D eigenvalue weighted by atomic mass is 35.5. The second-order valence-electron chi connectivity index (χ2n) is 6.19. The molecule has 25 heavy (non-hydrogen) atoms. The molecule has 1 aromatic heterocycles. The third-order valence-electron chi connectivity index (χ3n) is 4.38. The van der Waals surface area contributed by atoms with Gasteiger partial charge in [0.05, 0.1) is 11.5 Å². The standard InChI is InChI=1S/C17H21ClN4O2S/c1-3-22(14-6-7-25(23,24)10-14)17-9-16(19-11-20-17)21-13-5-4-12(2)15(18)8-13/h4-5,8-9,11,14H,3,6-7,10H2,1-2H3,(H,19,20,21). The van der Waals surface area contributed by atoms with Gasteiger partial charge in [0.1, 0.15) is 18.0 Å². The largest absolute Gasteiger partial charge is 0.353 e. The highest BCUT2D eigenvalue weighted by Gasteiger charge is 2.32. The van der Waals surface area contributed by atoms with Gasteiger partial charge in [-0.3, -0.25) is 0 Å². The van der Waals surface area contributed by atoms with Crippen LogP contribution in [0.5, 0.6) is 0 Å². The number of hydrogen-bond acceptors (Lipinski definition) is 6.